The second-order valence-electron chi connectivity index (χ2n) is 3.00. The highest BCUT2D eigenvalue weighted by atomic mass is 16.5. The van der Waals surface area contributed by atoms with Gasteiger partial charge < -0.3 is 10.1 Å². The van der Waals surface area contributed by atoms with Crippen LogP contribution in [0.2, 0.25) is 0 Å². The molecule has 2 N–H and O–H groups in total. The predicted octanol–water partition coefficient (Wildman–Crippen LogP) is 0.654. The van der Waals surface area contributed by atoms with Gasteiger partial charge in [-0.05, 0) is 0 Å². The van der Waals surface area contributed by atoms with Gasteiger partial charge in [0.2, 0.25) is 5.95 Å². The van der Waals surface area contributed by atoms with Crippen LogP contribution in [-0.4, -0.2) is 40.0 Å². The largest absolute Gasteiger partial charge is 0.383 e. The molecule has 2 heterocycles. The molecule has 2 aromatic rings. The number of aromatic nitrogens is 4. The van der Waals surface area contributed by atoms with Gasteiger partial charge in [-0.15, -0.1) is 0 Å². The number of H-pyrrole nitrogens is 1. The van der Waals surface area contributed by atoms with Crippen molar-refractivity contribution in [2.45, 2.75) is 0 Å². The summed E-state index contributed by atoms with van der Waals surface area (Å²) in [5.41, 5.74) is 0.951. The molecule has 2 rings (SSSR count). The van der Waals surface area contributed by atoms with E-state index in [0.29, 0.717) is 6.61 Å². The topological polar surface area (TPSA) is 67.8 Å². The molecular weight excluding hydrogens is 194 g/mol. The standard InChI is InChI=1S/C9H13N5O/c1-15-5-3-11-9-10-2-4-14(9)8-6-12-13-7-8/h2,4,6-7H,3,5H2,1H3,(H,10,11)(H,12,13). The van der Waals surface area contributed by atoms with E-state index < -0.39 is 0 Å². The maximum atomic E-state index is 4.95. The van der Waals surface area contributed by atoms with Crippen LogP contribution in [0.1, 0.15) is 0 Å². The van der Waals surface area contributed by atoms with Gasteiger partial charge in [0.15, 0.2) is 0 Å². The predicted molar refractivity (Wildman–Crippen MR) is 56.1 cm³/mol. The molecule has 2 aromatic heterocycles. The molecule has 0 spiro atoms. The first-order chi connectivity index (χ1) is 7.42. The molecule has 0 bridgehead atoms. The van der Waals surface area contributed by atoms with Gasteiger partial charge in [-0.3, -0.25) is 9.67 Å². The molecule has 0 unspecified atom stereocenters. The van der Waals surface area contributed by atoms with Crippen molar-refractivity contribution in [2.75, 3.05) is 25.6 Å². The summed E-state index contributed by atoms with van der Waals surface area (Å²) in [7, 11) is 1.67. The molecule has 0 saturated carbocycles. The molecular formula is C9H13N5O. The first-order valence-corrected chi connectivity index (χ1v) is 4.67. The number of rotatable bonds is 5. The van der Waals surface area contributed by atoms with Crippen molar-refractivity contribution >= 4 is 5.95 Å². The lowest BCUT2D eigenvalue weighted by molar-refractivity contribution is 0.210. The van der Waals surface area contributed by atoms with Crippen LogP contribution < -0.4 is 5.32 Å². The normalized spacial score (nSPS) is 10.5. The Kier molecular flexibility index (Phi) is 2.99. The zero-order valence-corrected chi connectivity index (χ0v) is 8.47. The summed E-state index contributed by atoms with van der Waals surface area (Å²) in [6.45, 7) is 1.38. The second kappa shape index (κ2) is 4.61. The first-order valence-electron chi connectivity index (χ1n) is 4.67. The molecule has 15 heavy (non-hydrogen) atoms. The quantitative estimate of drug-likeness (QED) is 0.706. The third-order valence-electron chi connectivity index (χ3n) is 1.99. The minimum atomic E-state index is 0.651. The van der Waals surface area contributed by atoms with Crippen LogP contribution in [-0.2, 0) is 4.74 Å². The third-order valence-corrected chi connectivity index (χ3v) is 1.99. The second-order valence-corrected chi connectivity index (χ2v) is 3.00. The summed E-state index contributed by atoms with van der Waals surface area (Å²) < 4.78 is 6.87. The molecule has 0 aromatic carbocycles. The van der Waals surface area contributed by atoms with Gasteiger partial charge in [0.1, 0.15) is 0 Å². The average Bonchev–Trinajstić information content (AvgIpc) is 2.87. The van der Waals surface area contributed by atoms with Crippen LogP contribution in [0.25, 0.3) is 5.69 Å². The van der Waals surface area contributed by atoms with Crippen LogP contribution >= 0.6 is 0 Å². The van der Waals surface area contributed by atoms with E-state index in [2.05, 4.69) is 20.5 Å². The van der Waals surface area contributed by atoms with E-state index in [9.17, 15) is 0 Å². The minimum absolute atomic E-state index is 0.651. The van der Waals surface area contributed by atoms with Crippen LogP contribution in [0.15, 0.2) is 24.8 Å². The molecule has 80 valence electrons. The lowest BCUT2D eigenvalue weighted by Gasteiger charge is -2.06. The molecule has 0 aliphatic carbocycles. The van der Waals surface area contributed by atoms with Gasteiger partial charge in [-0.1, -0.05) is 0 Å². The summed E-state index contributed by atoms with van der Waals surface area (Å²) in [4.78, 5) is 4.20. The van der Waals surface area contributed by atoms with E-state index >= 15 is 0 Å². The van der Waals surface area contributed by atoms with E-state index in [1.807, 2.05) is 17.0 Å². The van der Waals surface area contributed by atoms with E-state index in [1.54, 1.807) is 19.5 Å². The Morgan fingerprint density at radius 3 is 3.27 bits per heavy atom. The fourth-order valence-electron chi connectivity index (χ4n) is 1.28. The molecule has 0 amide bonds. The van der Waals surface area contributed by atoms with Gasteiger partial charge >= 0.3 is 0 Å². The van der Waals surface area contributed by atoms with Gasteiger partial charge in [0.05, 0.1) is 18.5 Å². The molecule has 0 aliphatic heterocycles. The molecule has 0 radical (unpaired) electrons. The van der Waals surface area contributed by atoms with Gasteiger partial charge in [-0.25, -0.2) is 4.98 Å². The Morgan fingerprint density at radius 2 is 2.53 bits per heavy atom. The highest BCUT2D eigenvalue weighted by Crippen LogP contribution is 2.11. The Balaban J connectivity index is 2.09. The molecule has 6 nitrogen and oxygen atoms in total. The molecule has 0 saturated heterocycles. The average molecular weight is 207 g/mol. The van der Waals surface area contributed by atoms with Gasteiger partial charge in [0.25, 0.3) is 0 Å². The van der Waals surface area contributed by atoms with Crippen LogP contribution in [0.4, 0.5) is 5.95 Å². The van der Waals surface area contributed by atoms with Crippen LogP contribution in [0, 0.1) is 0 Å². The Morgan fingerprint density at radius 1 is 1.60 bits per heavy atom. The lowest BCUT2D eigenvalue weighted by Crippen LogP contribution is -2.11. The van der Waals surface area contributed by atoms with Crippen molar-refractivity contribution in [2.24, 2.45) is 0 Å². The monoisotopic (exact) mass is 207 g/mol. The molecule has 6 heteroatoms. The van der Waals surface area contributed by atoms with Gasteiger partial charge in [0, 0.05) is 32.2 Å². The van der Waals surface area contributed by atoms with Crippen molar-refractivity contribution in [3.05, 3.63) is 24.8 Å². The minimum Gasteiger partial charge on any atom is -0.383 e. The van der Waals surface area contributed by atoms with E-state index in [1.165, 1.54) is 0 Å². The first kappa shape index (κ1) is 9.72. The number of nitrogens with zero attached hydrogens (tertiary/aromatic N) is 3. The summed E-state index contributed by atoms with van der Waals surface area (Å²) in [5.74, 6) is 0.786. The van der Waals surface area contributed by atoms with Crippen molar-refractivity contribution in [1.29, 1.82) is 0 Å². The van der Waals surface area contributed by atoms with E-state index in [0.717, 1.165) is 18.2 Å². The van der Waals surface area contributed by atoms with Crippen LogP contribution in [0.5, 0.6) is 0 Å². The number of methoxy groups -OCH3 is 1. The summed E-state index contributed by atoms with van der Waals surface area (Å²) >= 11 is 0. The summed E-state index contributed by atoms with van der Waals surface area (Å²) in [6.07, 6.45) is 7.16. The highest BCUT2D eigenvalue weighted by Gasteiger charge is 2.04. The fraction of sp³-hybridized carbons (Fsp3) is 0.333. The number of ether oxygens (including phenoxy) is 1. The van der Waals surface area contributed by atoms with Crippen LogP contribution in [0.3, 0.4) is 0 Å². The van der Waals surface area contributed by atoms with Gasteiger partial charge in [-0.2, -0.15) is 5.10 Å². The Hall–Kier alpha value is -1.82. The number of aromatic amines is 1. The lowest BCUT2D eigenvalue weighted by atomic mass is 10.5. The number of hydrogen-bond donors (Lipinski definition) is 2. The zero-order valence-electron chi connectivity index (χ0n) is 8.47. The fourth-order valence-corrected chi connectivity index (χ4v) is 1.28. The molecule has 0 atom stereocenters. The number of nitrogens with one attached hydrogen (secondary N) is 2. The number of hydrogen-bond acceptors (Lipinski definition) is 4. The molecule has 0 aliphatic rings. The van der Waals surface area contributed by atoms with Crippen molar-refractivity contribution in [3.8, 4) is 5.69 Å². The smallest absolute Gasteiger partial charge is 0.207 e. The van der Waals surface area contributed by atoms with Crippen molar-refractivity contribution in [1.82, 2.24) is 19.7 Å². The Bertz CT molecular complexity index is 394. The molecule has 0 fully saturated rings. The number of anilines is 1. The van der Waals surface area contributed by atoms with Crippen molar-refractivity contribution in [3.63, 3.8) is 0 Å². The summed E-state index contributed by atoms with van der Waals surface area (Å²) in [6, 6.07) is 0. The van der Waals surface area contributed by atoms with Crippen molar-refractivity contribution < 1.29 is 4.74 Å². The SMILES string of the molecule is COCCNc1nccn1-c1cn[nH]c1. The number of imidazole rings is 1. The van der Waals surface area contributed by atoms with E-state index in [4.69, 9.17) is 4.74 Å². The third kappa shape index (κ3) is 2.16. The highest BCUT2D eigenvalue weighted by molar-refractivity contribution is 5.38. The zero-order chi connectivity index (χ0) is 10.5. The van der Waals surface area contributed by atoms with E-state index in [-0.39, 0.29) is 0 Å². The Labute approximate surface area is 87.3 Å². The maximum Gasteiger partial charge on any atom is 0.207 e. The maximum absolute atomic E-state index is 4.95. The summed E-state index contributed by atoms with van der Waals surface area (Å²) in [5, 5.41) is 9.82.